The van der Waals surface area contributed by atoms with Crippen LogP contribution in [0, 0.1) is 5.82 Å². The highest BCUT2D eigenvalue weighted by Crippen LogP contribution is 2.31. The standard InChI is InChI=1S/C24H24ClFN4O5S/c1-2-35-21-10-20-17(24(29-13-28-20)30-15-3-4-19(26)18(25)9-15)8-14(21)7-16(31)11-27-22(32)12-36-6-5-23(33)34/h3-4,8-10,13H,2,5-7,11-12H2,1H3,(H,27,32)(H,33,34)(H,28,29,30). The van der Waals surface area contributed by atoms with E-state index in [1.54, 1.807) is 12.1 Å². The molecule has 0 saturated carbocycles. The molecule has 0 unspecified atom stereocenters. The number of ether oxygens (including phenoxy) is 1. The number of carboxylic acids is 1. The fourth-order valence-corrected chi connectivity index (χ4v) is 4.15. The van der Waals surface area contributed by atoms with Gasteiger partial charge in [0.05, 0.1) is 35.9 Å². The second kappa shape index (κ2) is 13.0. The number of carbonyl (C=O) groups is 3. The minimum Gasteiger partial charge on any atom is -0.494 e. The van der Waals surface area contributed by atoms with Crippen LogP contribution in [-0.2, 0) is 20.8 Å². The second-order valence-electron chi connectivity index (χ2n) is 7.57. The van der Waals surface area contributed by atoms with E-state index in [4.69, 9.17) is 21.4 Å². The van der Waals surface area contributed by atoms with Gasteiger partial charge < -0.3 is 20.5 Å². The Morgan fingerprint density at radius 1 is 1.19 bits per heavy atom. The Hall–Kier alpha value is -3.44. The first-order valence-corrected chi connectivity index (χ1v) is 12.5. The van der Waals surface area contributed by atoms with Crippen molar-refractivity contribution in [2.24, 2.45) is 0 Å². The number of ketones is 1. The van der Waals surface area contributed by atoms with E-state index in [0.717, 1.165) is 0 Å². The van der Waals surface area contributed by atoms with Gasteiger partial charge in [-0.1, -0.05) is 11.6 Å². The third kappa shape index (κ3) is 7.79. The van der Waals surface area contributed by atoms with Crippen molar-refractivity contribution in [3.63, 3.8) is 0 Å². The monoisotopic (exact) mass is 534 g/mol. The van der Waals surface area contributed by atoms with E-state index < -0.39 is 11.8 Å². The summed E-state index contributed by atoms with van der Waals surface area (Å²) in [4.78, 5) is 43.6. The number of rotatable bonds is 13. The molecule has 0 bridgehead atoms. The van der Waals surface area contributed by atoms with Gasteiger partial charge in [0.2, 0.25) is 5.91 Å². The van der Waals surface area contributed by atoms with Gasteiger partial charge in [-0.15, -0.1) is 0 Å². The van der Waals surface area contributed by atoms with Crippen LogP contribution in [0.1, 0.15) is 18.9 Å². The molecule has 0 aliphatic carbocycles. The number of carbonyl (C=O) groups excluding carboxylic acids is 2. The topological polar surface area (TPSA) is 131 Å². The van der Waals surface area contributed by atoms with Crippen LogP contribution in [-0.4, -0.2) is 57.4 Å². The molecule has 0 aliphatic rings. The number of aromatic nitrogens is 2. The normalized spacial score (nSPS) is 10.8. The van der Waals surface area contributed by atoms with Crippen molar-refractivity contribution in [1.29, 1.82) is 0 Å². The molecule has 1 amide bonds. The van der Waals surface area contributed by atoms with Crippen LogP contribution < -0.4 is 15.4 Å². The van der Waals surface area contributed by atoms with Crippen LogP contribution >= 0.6 is 23.4 Å². The summed E-state index contributed by atoms with van der Waals surface area (Å²) in [6, 6.07) is 7.66. The summed E-state index contributed by atoms with van der Waals surface area (Å²) in [5.74, 6) is -0.744. The van der Waals surface area contributed by atoms with Gasteiger partial charge in [-0.05, 0) is 31.2 Å². The van der Waals surface area contributed by atoms with Gasteiger partial charge in [-0.25, -0.2) is 14.4 Å². The number of thioether (sulfide) groups is 1. The van der Waals surface area contributed by atoms with E-state index in [9.17, 15) is 18.8 Å². The zero-order valence-electron chi connectivity index (χ0n) is 19.3. The maximum absolute atomic E-state index is 13.5. The van der Waals surface area contributed by atoms with Crippen molar-refractivity contribution in [3.05, 3.63) is 53.1 Å². The molecule has 0 radical (unpaired) electrons. The molecule has 3 rings (SSSR count). The molecular weight excluding hydrogens is 511 g/mol. The van der Waals surface area contributed by atoms with E-state index in [1.807, 2.05) is 6.92 Å². The summed E-state index contributed by atoms with van der Waals surface area (Å²) in [6.07, 6.45) is 1.34. The Morgan fingerprint density at radius 3 is 2.72 bits per heavy atom. The molecule has 12 heteroatoms. The minimum absolute atomic E-state index is 0.00553. The number of carboxylic acid groups (broad SMARTS) is 1. The van der Waals surface area contributed by atoms with Gasteiger partial charge in [-0.3, -0.25) is 14.4 Å². The van der Waals surface area contributed by atoms with E-state index in [2.05, 4.69) is 20.6 Å². The number of aliphatic carboxylic acids is 1. The lowest BCUT2D eigenvalue weighted by molar-refractivity contribution is -0.136. The molecule has 0 atom stereocenters. The smallest absolute Gasteiger partial charge is 0.304 e. The molecule has 1 heterocycles. The summed E-state index contributed by atoms with van der Waals surface area (Å²) < 4.78 is 19.2. The fourth-order valence-electron chi connectivity index (χ4n) is 3.21. The average molecular weight is 535 g/mol. The van der Waals surface area contributed by atoms with Gasteiger partial charge in [0.15, 0.2) is 5.78 Å². The van der Waals surface area contributed by atoms with Gasteiger partial charge in [0, 0.05) is 34.9 Å². The third-order valence-electron chi connectivity index (χ3n) is 4.86. The Kier molecular flexibility index (Phi) is 9.83. The molecule has 0 spiro atoms. The minimum atomic E-state index is -0.927. The molecule has 2 aromatic carbocycles. The zero-order valence-corrected chi connectivity index (χ0v) is 20.9. The number of hydrogen-bond donors (Lipinski definition) is 3. The lowest BCUT2D eigenvalue weighted by Gasteiger charge is -2.14. The number of benzene rings is 2. The van der Waals surface area contributed by atoms with Crippen LogP contribution in [0.5, 0.6) is 5.75 Å². The van der Waals surface area contributed by atoms with E-state index in [0.29, 0.717) is 46.1 Å². The number of anilines is 2. The highest BCUT2D eigenvalue weighted by Gasteiger charge is 2.15. The van der Waals surface area contributed by atoms with Gasteiger partial charge >= 0.3 is 5.97 Å². The quantitative estimate of drug-likeness (QED) is 0.278. The lowest BCUT2D eigenvalue weighted by atomic mass is 10.0. The molecule has 3 N–H and O–H groups in total. The zero-order chi connectivity index (χ0) is 26.1. The summed E-state index contributed by atoms with van der Waals surface area (Å²) in [5.41, 5.74) is 1.69. The summed E-state index contributed by atoms with van der Waals surface area (Å²) in [7, 11) is 0. The SMILES string of the molecule is CCOc1cc2ncnc(Nc3ccc(F)c(Cl)c3)c2cc1CC(=O)CNC(=O)CSCCC(=O)O. The maximum Gasteiger partial charge on any atom is 0.304 e. The van der Waals surface area contributed by atoms with Crippen molar-refractivity contribution in [2.75, 3.05) is 30.0 Å². The Labute approximate surface area is 215 Å². The predicted octanol–water partition coefficient (Wildman–Crippen LogP) is 4.00. The number of nitrogens with zero attached hydrogens (tertiary/aromatic N) is 2. The molecule has 3 aromatic rings. The number of amides is 1. The first-order chi connectivity index (χ1) is 17.3. The number of fused-ring (bicyclic) bond motifs is 1. The van der Waals surface area contributed by atoms with Crippen molar-refractivity contribution in [1.82, 2.24) is 15.3 Å². The Morgan fingerprint density at radius 2 is 2.00 bits per heavy atom. The van der Waals surface area contributed by atoms with Crippen LogP contribution in [0.25, 0.3) is 10.9 Å². The maximum atomic E-state index is 13.5. The van der Waals surface area contributed by atoms with Gasteiger partial charge in [-0.2, -0.15) is 11.8 Å². The summed E-state index contributed by atoms with van der Waals surface area (Å²) in [5, 5.41) is 14.9. The lowest BCUT2D eigenvalue weighted by Crippen LogP contribution is -2.31. The third-order valence-corrected chi connectivity index (χ3v) is 6.11. The molecule has 0 fully saturated rings. The van der Waals surface area contributed by atoms with Crippen molar-refractivity contribution >= 4 is 63.4 Å². The summed E-state index contributed by atoms with van der Waals surface area (Å²) in [6.45, 7) is 2.02. The average Bonchev–Trinajstić information content (AvgIpc) is 2.83. The van der Waals surface area contributed by atoms with Crippen molar-refractivity contribution in [2.45, 2.75) is 19.8 Å². The highest BCUT2D eigenvalue weighted by atomic mass is 35.5. The van der Waals surface area contributed by atoms with Crippen LogP contribution in [0.15, 0.2) is 36.7 Å². The first kappa shape index (κ1) is 27.2. The first-order valence-electron chi connectivity index (χ1n) is 11.0. The molecule has 9 nitrogen and oxygen atoms in total. The van der Waals surface area contributed by atoms with Crippen LogP contribution in [0.2, 0.25) is 5.02 Å². The molecule has 0 aliphatic heterocycles. The number of nitrogens with one attached hydrogen (secondary N) is 2. The summed E-state index contributed by atoms with van der Waals surface area (Å²) >= 11 is 7.07. The number of hydrogen-bond acceptors (Lipinski definition) is 8. The molecule has 1 aromatic heterocycles. The van der Waals surface area contributed by atoms with E-state index >= 15 is 0 Å². The fraction of sp³-hybridized carbons (Fsp3) is 0.292. The van der Waals surface area contributed by atoms with E-state index in [-0.39, 0.29) is 41.9 Å². The van der Waals surface area contributed by atoms with Gasteiger partial charge in [0.1, 0.15) is 23.7 Å². The molecular formula is C24H24ClFN4O5S. The Bertz CT molecular complexity index is 1280. The van der Waals surface area contributed by atoms with Gasteiger partial charge in [0.25, 0.3) is 0 Å². The van der Waals surface area contributed by atoms with E-state index in [1.165, 1.54) is 36.3 Å². The van der Waals surface area contributed by atoms with Crippen molar-refractivity contribution in [3.8, 4) is 5.75 Å². The molecule has 36 heavy (non-hydrogen) atoms. The van der Waals surface area contributed by atoms with Crippen molar-refractivity contribution < 1.29 is 28.6 Å². The van der Waals surface area contributed by atoms with Crippen LogP contribution in [0.4, 0.5) is 15.9 Å². The number of halogens is 2. The highest BCUT2D eigenvalue weighted by molar-refractivity contribution is 7.99. The number of Topliss-reactive ketones (excluding diaryl/α,β-unsaturated/α-hetero) is 1. The Balaban J connectivity index is 1.74. The largest absolute Gasteiger partial charge is 0.494 e. The second-order valence-corrected chi connectivity index (χ2v) is 9.09. The van der Waals surface area contributed by atoms with Crippen LogP contribution in [0.3, 0.4) is 0 Å². The molecule has 0 saturated heterocycles. The predicted molar refractivity (Wildman–Crippen MR) is 137 cm³/mol. The molecule has 190 valence electrons.